The van der Waals surface area contributed by atoms with Gasteiger partial charge in [0.2, 0.25) is 6.08 Å². The molecule has 0 fully saturated rings. The van der Waals surface area contributed by atoms with Crippen LogP contribution in [-0.2, 0) is 4.79 Å². The minimum absolute atomic E-state index is 0.247. The number of carbonyl (C=O) groups is 1. The first-order valence-electron chi connectivity index (χ1n) is 4.67. The van der Waals surface area contributed by atoms with E-state index in [0.717, 1.165) is 4.57 Å². The summed E-state index contributed by atoms with van der Waals surface area (Å²) in [4.78, 5) is 24.7. The predicted molar refractivity (Wildman–Crippen MR) is 59.7 cm³/mol. The maximum Gasteiger partial charge on any atom is 0.416 e. The molecule has 1 aromatic heterocycles. The van der Waals surface area contributed by atoms with E-state index in [4.69, 9.17) is 9.84 Å². The number of ether oxygens (including phenoxy) is 1. The van der Waals surface area contributed by atoms with Crippen molar-refractivity contribution >= 4 is 28.8 Å². The van der Waals surface area contributed by atoms with Gasteiger partial charge in [0.1, 0.15) is 11.4 Å². The Kier molecular flexibility index (Phi) is 2.64. The fraction of sp³-hybridized carbons (Fsp3) is 0.0909. The number of nitrogens with zero attached hydrogens (tertiary/aromatic N) is 2. The highest BCUT2D eigenvalue weighted by Gasteiger charge is 2.13. The van der Waals surface area contributed by atoms with Crippen LogP contribution in [0.1, 0.15) is 0 Å². The normalized spacial score (nSPS) is 9.94. The lowest BCUT2D eigenvalue weighted by molar-refractivity contribution is 0.197. The largest absolute Gasteiger partial charge is 0.497 e. The molecule has 0 atom stereocenters. The van der Waals surface area contributed by atoms with Gasteiger partial charge < -0.3 is 9.84 Å². The molecule has 0 aliphatic carbocycles. The highest BCUT2D eigenvalue weighted by atomic mass is 16.5. The molecular formula is C11H8N2O4. The van der Waals surface area contributed by atoms with Gasteiger partial charge in [0.05, 0.1) is 12.6 Å². The summed E-state index contributed by atoms with van der Waals surface area (Å²) in [5, 5.41) is 9.51. The van der Waals surface area contributed by atoms with Crippen LogP contribution in [0.4, 0.5) is 10.5 Å². The number of isocyanates is 1. The minimum Gasteiger partial charge on any atom is -0.497 e. The number of aliphatic imine (C=N–C) groups is 1. The second-order valence-electron chi connectivity index (χ2n) is 3.25. The topological polar surface area (TPSA) is 80.9 Å². The third kappa shape index (κ3) is 1.77. The minimum atomic E-state index is -1.15. The van der Waals surface area contributed by atoms with Crippen molar-refractivity contribution in [1.29, 1.82) is 0 Å². The second kappa shape index (κ2) is 4.11. The highest BCUT2D eigenvalue weighted by molar-refractivity contribution is 5.98. The van der Waals surface area contributed by atoms with Gasteiger partial charge in [-0.1, -0.05) is 0 Å². The lowest BCUT2D eigenvalue weighted by atomic mass is 10.2. The molecule has 2 rings (SSSR count). The standard InChI is InChI=1S/C11H8N2O4/c1-17-7-2-3-10-8(4-7)9(12-6-14)5-13(10)11(15)16/h2-5H,1H3,(H,15,16). The molecule has 6 heteroatoms. The van der Waals surface area contributed by atoms with Crippen LogP contribution in [0.15, 0.2) is 29.4 Å². The third-order valence-electron chi connectivity index (χ3n) is 2.36. The fourth-order valence-electron chi connectivity index (χ4n) is 1.62. The van der Waals surface area contributed by atoms with Gasteiger partial charge in [-0.2, -0.15) is 4.99 Å². The van der Waals surface area contributed by atoms with E-state index >= 15 is 0 Å². The summed E-state index contributed by atoms with van der Waals surface area (Å²) in [7, 11) is 1.50. The van der Waals surface area contributed by atoms with Crippen LogP contribution in [0, 0.1) is 0 Å². The van der Waals surface area contributed by atoms with Crippen LogP contribution in [-0.4, -0.2) is 29.0 Å². The number of carboxylic acid groups (broad SMARTS) is 1. The SMILES string of the molecule is COc1ccc2c(c1)c(N=C=O)cn2C(=O)O. The first-order chi connectivity index (χ1) is 8.17. The van der Waals surface area contributed by atoms with E-state index in [1.807, 2.05) is 0 Å². The lowest BCUT2D eigenvalue weighted by Crippen LogP contribution is -2.05. The van der Waals surface area contributed by atoms with Gasteiger partial charge in [0, 0.05) is 11.6 Å². The monoisotopic (exact) mass is 232 g/mol. The Balaban J connectivity index is 2.80. The molecule has 17 heavy (non-hydrogen) atoms. The first kappa shape index (κ1) is 10.9. The van der Waals surface area contributed by atoms with Gasteiger partial charge >= 0.3 is 6.09 Å². The van der Waals surface area contributed by atoms with Crippen molar-refractivity contribution < 1.29 is 19.4 Å². The summed E-state index contributed by atoms with van der Waals surface area (Å²) in [6, 6.07) is 4.84. The van der Waals surface area contributed by atoms with E-state index in [0.29, 0.717) is 16.7 Å². The Morgan fingerprint density at radius 1 is 1.53 bits per heavy atom. The number of benzene rings is 1. The molecular weight excluding hydrogens is 224 g/mol. The quantitative estimate of drug-likeness (QED) is 0.635. The molecule has 2 aromatic rings. The molecule has 1 N–H and O–H groups in total. The van der Waals surface area contributed by atoms with Crippen molar-refractivity contribution in [2.24, 2.45) is 4.99 Å². The number of methoxy groups -OCH3 is 1. The smallest absolute Gasteiger partial charge is 0.416 e. The number of carbonyl (C=O) groups excluding carboxylic acids is 1. The van der Waals surface area contributed by atoms with E-state index in [-0.39, 0.29) is 5.69 Å². The zero-order valence-electron chi connectivity index (χ0n) is 8.88. The Labute approximate surface area is 95.8 Å². The van der Waals surface area contributed by atoms with E-state index in [9.17, 15) is 9.59 Å². The summed E-state index contributed by atoms with van der Waals surface area (Å²) < 4.78 is 6.02. The molecule has 0 unspecified atom stereocenters. The molecule has 0 aliphatic heterocycles. The predicted octanol–water partition coefficient (Wildman–Crippen LogP) is 2.14. The van der Waals surface area contributed by atoms with Crippen molar-refractivity contribution in [2.45, 2.75) is 0 Å². The summed E-state index contributed by atoms with van der Waals surface area (Å²) in [5.74, 6) is 0.558. The van der Waals surface area contributed by atoms with Crippen LogP contribution >= 0.6 is 0 Å². The zero-order valence-corrected chi connectivity index (χ0v) is 8.88. The number of fused-ring (bicyclic) bond motifs is 1. The van der Waals surface area contributed by atoms with E-state index in [1.165, 1.54) is 19.4 Å². The summed E-state index contributed by atoms with van der Waals surface area (Å²) in [6.45, 7) is 0. The summed E-state index contributed by atoms with van der Waals surface area (Å²) in [6.07, 6.45) is 1.51. The highest BCUT2D eigenvalue weighted by Crippen LogP contribution is 2.31. The molecule has 6 nitrogen and oxygen atoms in total. The fourth-order valence-corrected chi connectivity index (χ4v) is 1.62. The zero-order chi connectivity index (χ0) is 12.4. The van der Waals surface area contributed by atoms with Crippen molar-refractivity contribution in [1.82, 2.24) is 4.57 Å². The molecule has 0 bridgehead atoms. The molecule has 0 aliphatic rings. The Bertz CT molecular complexity index is 638. The first-order valence-corrected chi connectivity index (χ1v) is 4.67. The number of hydrogen-bond donors (Lipinski definition) is 1. The number of rotatable bonds is 2. The van der Waals surface area contributed by atoms with E-state index in [2.05, 4.69) is 4.99 Å². The Morgan fingerprint density at radius 2 is 2.29 bits per heavy atom. The van der Waals surface area contributed by atoms with Crippen LogP contribution in [0.3, 0.4) is 0 Å². The van der Waals surface area contributed by atoms with Crippen LogP contribution in [0.2, 0.25) is 0 Å². The van der Waals surface area contributed by atoms with Gasteiger partial charge in [0.25, 0.3) is 0 Å². The van der Waals surface area contributed by atoms with Gasteiger partial charge in [-0.05, 0) is 18.2 Å². The molecule has 0 saturated heterocycles. The van der Waals surface area contributed by atoms with Crippen molar-refractivity contribution in [3.63, 3.8) is 0 Å². The Hall–Kier alpha value is -2.59. The average Bonchev–Trinajstić information content (AvgIpc) is 2.68. The van der Waals surface area contributed by atoms with E-state index < -0.39 is 6.09 Å². The number of aromatic nitrogens is 1. The van der Waals surface area contributed by atoms with Crippen LogP contribution in [0.25, 0.3) is 10.9 Å². The molecule has 86 valence electrons. The van der Waals surface area contributed by atoms with Gasteiger partial charge in [-0.15, -0.1) is 0 Å². The molecule has 1 aromatic carbocycles. The molecule has 0 radical (unpaired) electrons. The van der Waals surface area contributed by atoms with Crippen molar-refractivity contribution in [3.05, 3.63) is 24.4 Å². The second-order valence-corrected chi connectivity index (χ2v) is 3.25. The average molecular weight is 232 g/mol. The molecule has 1 heterocycles. The summed E-state index contributed by atoms with van der Waals surface area (Å²) in [5.41, 5.74) is 0.684. The van der Waals surface area contributed by atoms with Crippen molar-refractivity contribution in [3.8, 4) is 5.75 Å². The van der Waals surface area contributed by atoms with Crippen molar-refractivity contribution in [2.75, 3.05) is 7.11 Å². The van der Waals surface area contributed by atoms with Gasteiger partial charge in [0.15, 0.2) is 0 Å². The van der Waals surface area contributed by atoms with E-state index in [1.54, 1.807) is 18.2 Å². The van der Waals surface area contributed by atoms with Crippen LogP contribution in [0.5, 0.6) is 5.75 Å². The molecule has 0 amide bonds. The maximum absolute atomic E-state index is 11.0. The maximum atomic E-state index is 11.0. The molecule has 0 spiro atoms. The summed E-state index contributed by atoms with van der Waals surface area (Å²) >= 11 is 0. The van der Waals surface area contributed by atoms with Gasteiger partial charge in [-0.3, -0.25) is 4.57 Å². The lowest BCUT2D eigenvalue weighted by Gasteiger charge is -2.00. The van der Waals surface area contributed by atoms with Crippen LogP contribution < -0.4 is 4.74 Å². The third-order valence-corrected chi connectivity index (χ3v) is 2.36. The Morgan fingerprint density at radius 3 is 2.88 bits per heavy atom. The van der Waals surface area contributed by atoms with Gasteiger partial charge in [-0.25, -0.2) is 9.59 Å². The molecule has 0 saturated carbocycles. The number of hydrogen-bond acceptors (Lipinski definition) is 4.